The number of rotatable bonds is 4. The molecule has 1 fully saturated rings. The van der Waals surface area contributed by atoms with Crippen molar-refractivity contribution in [2.24, 2.45) is 11.1 Å². The smallest absolute Gasteiger partial charge is 0.0977 e. The van der Waals surface area contributed by atoms with Crippen molar-refractivity contribution >= 4 is 15.9 Å². The minimum absolute atomic E-state index is 0.000707. The van der Waals surface area contributed by atoms with Crippen LogP contribution in [0.4, 0.5) is 0 Å². The number of hydrogen-bond acceptors (Lipinski definition) is 2. The Labute approximate surface area is 131 Å². The highest BCUT2D eigenvalue weighted by atomic mass is 79.9. The second kappa shape index (κ2) is 6.59. The molecule has 0 aliphatic heterocycles. The fraction of sp³-hybridized carbons (Fsp3) is 0.647. The van der Waals surface area contributed by atoms with Crippen molar-refractivity contribution in [3.8, 4) is 0 Å². The molecule has 0 heterocycles. The molecule has 112 valence electrons. The number of halogens is 1. The summed E-state index contributed by atoms with van der Waals surface area (Å²) in [7, 11) is 0. The predicted molar refractivity (Wildman–Crippen MR) is 87.7 cm³/mol. The highest BCUT2D eigenvalue weighted by Crippen LogP contribution is 2.38. The molecule has 0 radical (unpaired) electrons. The van der Waals surface area contributed by atoms with Crippen molar-refractivity contribution in [3.63, 3.8) is 0 Å². The summed E-state index contributed by atoms with van der Waals surface area (Å²) in [6.45, 7) is 6.72. The molecule has 0 bridgehead atoms. The molecule has 0 aromatic heterocycles. The van der Waals surface area contributed by atoms with Crippen molar-refractivity contribution in [2.75, 3.05) is 0 Å². The van der Waals surface area contributed by atoms with Gasteiger partial charge in [-0.15, -0.1) is 0 Å². The maximum atomic E-state index is 6.34. The van der Waals surface area contributed by atoms with Gasteiger partial charge in [0.15, 0.2) is 0 Å². The zero-order valence-electron chi connectivity index (χ0n) is 12.7. The lowest BCUT2D eigenvalue weighted by atomic mass is 9.76. The van der Waals surface area contributed by atoms with Crippen LogP contribution in [0.5, 0.6) is 0 Å². The summed E-state index contributed by atoms with van der Waals surface area (Å²) in [5.74, 6) is 0. The maximum Gasteiger partial charge on any atom is 0.0977 e. The van der Waals surface area contributed by atoms with Gasteiger partial charge < -0.3 is 10.5 Å². The summed E-state index contributed by atoms with van der Waals surface area (Å²) in [4.78, 5) is 0. The minimum Gasteiger partial charge on any atom is -0.369 e. The molecule has 1 aromatic carbocycles. The molecule has 1 saturated carbocycles. The molecule has 0 amide bonds. The molecule has 1 aliphatic rings. The summed E-state index contributed by atoms with van der Waals surface area (Å²) < 4.78 is 7.42. The van der Waals surface area contributed by atoms with Crippen LogP contribution in [0.15, 0.2) is 28.7 Å². The Morgan fingerprint density at radius 1 is 1.30 bits per heavy atom. The zero-order valence-corrected chi connectivity index (χ0v) is 14.3. The molecule has 0 saturated heterocycles. The number of hydrogen-bond donors (Lipinski definition) is 1. The average Bonchev–Trinajstić information content (AvgIpc) is 2.37. The Bertz CT molecular complexity index is 434. The van der Waals surface area contributed by atoms with Gasteiger partial charge in [-0.2, -0.15) is 0 Å². The lowest BCUT2D eigenvalue weighted by Gasteiger charge is -2.36. The monoisotopic (exact) mass is 339 g/mol. The number of nitrogens with two attached hydrogens (primary N) is 1. The highest BCUT2D eigenvalue weighted by molar-refractivity contribution is 9.10. The van der Waals surface area contributed by atoms with Gasteiger partial charge in [0.25, 0.3) is 0 Å². The van der Waals surface area contributed by atoms with Crippen LogP contribution in [0.3, 0.4) is 0 Å². The van der Waals surface area contributed by atoms with E-state index in [1.807, 2.05) is 19.1 Å². The first-order chi connectivity index (χ1) is 9.37. The first kappa shape index (κ1) is 16.0. The predicted octanol–water partition coefficient (Wildman–Crippen LogP) is 4.82. The van der Waals surface area contributed by atoms with Gasteiger partial charge in [0.1, 0.15) is 0 Å². The molecule has 2 nitrogen and oxygen atoms in total. The molecule has 2 rings (SSSR count). The van der Waals surface area contributed by atoms with E-state index in [1.54, 1.807) is 0 Å². The molecule has 0 spiro atoms. The topological polar surface area (TPSA) is 35.2 Å². The van der Waals surface area contributed by atoms with Crippen LogP contribution in [-0.2, 0) is 4.74 Å². The summed E-state index contributed by atoms with van der Waals surface area (Å²) in [5.41, 5.74) is 7.79. The lowest BCUT2D eigenvalue weighted by Crippen LogP contribution is -2.33. The SMILES string of the molecule is CC(N)C(OC1CCC(C)(C)CC1)c1cccc(Br)c1. The van der Waals surface area contributed by atoms with Gasteiger partial charge in [0.05, 0.1) is 12.2 Å². The number of benzene rings is 1. The van der Waals surface area contributed by atoms with Crippen molar-refractivity contribution in [2.45, 2.75) is 64.7 Å². The van der Waals surface area contributed by atoms with Crippen molar-refractivity contribution < 1.29 is 4.74 Å². The molecule has 1 aromatic rings. The fourth-order valence-electron chi connectivity index (χ4n) is 2.91. The number of ether oxygens (including phenoxy) is 1. The summed E-state index contributed by atoms with van der Waals surface area (Å²) in [5, 5.41) is 0. The van der Waals surface area contributed by atoms with Gasteiger partial charge in [-0.1, -0.05) is 41.9 Å². The van der Waals surface area contributed by atoms with Crippen LogP contribution in [0.1, 0.15) is 58.1 Å². The van der Waals surface area contributed by atoms with Crippen molar-refractivity contribution in [1.29, 1.82) is 0 Å². The highest BCUT2D eigenvalue weighted by Gasteiger charge is 2.30. The van der Waals surface area contributed by atoms with E-state index in [0.717, 1.165) is 17.3 Å². The summed E-state index contributed by atoms with van der Waals surface area (Å²) >= 11 is 3.52. The standard InChI is InChI=1S/C17H26BrNO/c1-12(19)16(13-5-4-6-14(18)11-13)20-15-7-9-17(2,3)10-8-15/h4-6,11-12,15-16H,7-10,19H2,1-3H3. The summed E-state index contributed by atoms with van der Waals surface area (Å²) in [6, 6.07) is 8.29. The maximum absolute atomic E-state index is 6.34. The van der Waals surface area contributed by atoms with Gasteiger partial charge in [-0.05, 0) is 55.7 Å². The van der Waals surface area contributed by atoms with E-state index < -0.39 is 0 Å². The normalized spacial score (nSPS) is 22.4. The van der Waals surface area contributed by atoms with Crippen LogP contribution in [0.25, 0.3) is 0 Å². The molecule has 20 heavy (non-hydrogen) atoms. The molecular formula is C17H26BrNO. The van der Waals surface area contributed by atoms with Gasteiger partial charge in [-0.25, -0.2) is 0 Å². The molecule has 3 heteroatoms. The second-order valence-electron chi connectivity index (χ2n) is 6.83. The van der Waals surface area contributed by atoms with Gasteiger partial charge >= 0.3 is 0 Å². The van der Waals surface area contributed by atoms with Crippen LogP contribution in [-0.4, -0.2) is 12.1 Å². The Hall–Kier alpha value is -0.380. The minimum atomic E-state index is -0.0151. The molecule has 1 aliphatic carbocycles. The molecule has 2 atom stereocenters. The van der Waals surface area contributed by atoms with E-state index in [2.05, 4.69) is 41.9 Å². The fourth-order valence-corrected chi connectivity index (χ4v) is 3.32. The van der Waals surface area contributed by atoms with E-state index in [4.69, 9.17) is 10.5 Å². The van der Waals surface area contributed by atoms with Crippen molar-refractivity contribution in [1.82, 2.24) is 0 Å². The third-order valence-corrected chi connectivity index (χ3v) is 4.77. The van der Waals surface area contributed by atoms with E-state index in [1.165, 1.54) is 18.4 Å². The van der Waals surface area contributed by atoms with E-state index in [-0.39, 0.29) is 12.1 Å². The summed E-state index contributed by atoms with van der Waals surface area (Å²) in [6.07, 6.45) is 5.09. The van der Waals surface area contributed by atoms with E-state index >= 15 is 0 Å². The first-order valence-electron chi connectivity index (χ1n) is 7.54. The van der Waals surface area contributed by atoms with E-state index in [9.17, 15) is 0 Å². The zero-order chi connectivity index (χ0) is 14.8. The Kier molecular flexibility index (Phi) is 5.27. The third kappa shape index (κ3) is 4.31. The van der Waals surface area contributed by atoms with Crippen molar-refractivity contribution in [3.05, 3.63) is 34.3 Å². The Morgan fingerprint density at radius 3 is 2.50 bits per heavy atom. The van der Waals surface area contributed by atoms with E-state index in [0.29, 0.717) is 11.5 Å². The molecular weight excluding hydrogens is 314 g/mol. The Balaban J connectivity index is 2.04. The van der Waals surface area contributed by atoms with Crippen LogP contribution >= 0.6 is 15.9 Å². The molecule has 2 unspecified atom stereocenters. The van der Waals surface area contributed by atoms with Gasteiger partial charge in [0.2, 0.25) is 0 Å². The molecule has 2 N–H and O–H groups in total. The first-order valence-corrected chi connectivity index (χ1v) is 8.33. The van der Waals surface area contributed by atoms with Crippen LogP contribution < -0.4 is 5.73 Å². The quantitative estimate of drug-likeness (QED) is 0.853. The van der Waals surface area contributed by atoms with Gasteiger partial charge in [-0.3, -0.25) is 0 Å². The average molecular weight is 340 g/mol. The second-order valence-corrected chi connectivity index (χ2v) is 7.75. The third-order valence-electron chi connectivity index (χ3n) is 4.28. The largest absolute Gasteiger partial charge is 0.369 e. The Morgan fingerprint density at radius 2 is 1.95 bits per heavy atom. The van der Waals surface area contributed by atoms with Crippen LogP contribution in [0, 0.1) is 5.41 Å². The van der Waals surface area contributed by atoms with Gasteiger partial charge in [0, 0.05) is 10.5 Å². The van der Waals surface area contributed by atoms with Crippen LogP contribution in [0.2, 0.25) is 0 Å². The lowest BCUT2D eigenvalue weighted by molar-refractivity contribution is -0.0549.